The highest BCUT2D eigenvalue weighted by Gasteiger charge is 2.24. The Morgan fingerprint density at radius 1 is 1.43 bits per heavy atom. The van der Waals surface area contributed by atoms with E-state index in [9.17, 15) is 14.9 Å². The maximum Gasteiger partial charge on any atom is 0.364 e. The number of esters is 1. The van der Waals surface area contributed by atoms with Gasteiger partial charge in [0.25, 0.3) is 0 Å². The topological polar surface area (TPSA) is 165 Å². The van der Waals surface area contributed by atoms with Gasteiger partial charge in [-0.25, -0.2) is 9.78 Å². The molecule has 0 radical (unpaired) electrons. The maximum absolute atomic E-state index is 12.7. The predicted octanol–water partition coefficient (Wildman–Crippen LogP) is 0.658. The maximum atomic E-state index is 12.7. The molecule has 28 heavy (non-hydrogen) atoms. The quantitative estimate of drug-likeness (QED) is 0.488. The Hall–Kier alpha value is -4.33. The first-order valence-corrected chi connectivity index (χ1v) is 8.15. The predicted molar refractivity (Wildman–Crippen MR) is 97.2 cm³/mol. The first kappa shape index (κ1) is 17.1. The van der Waals surface area contributed by atoms with Crippen molar-refractivity contribution >= 4 is 28.5 Å². The van der Waals surface area contributed by atoms with Crippen LogP contribution in [-0.4, -0.2) is 42.4 Å². The third kappa shape index (κ3) is 2.43. The van der Waals surface area contributed by atoms with Crippen molar-refractivity contribution in [3.63, 3.8) is 0 Å². The van der Waals surface area contributed by atoms with Crippen LogP contribution in [0.15, 0.2) is 29.3 Å². The number of nitrogen functional groups attached to an aromatic ring is 1. The molecular formula is C17H12N8O3. The molecule has 0 aromatic carbocycles. The molecule has 0 aliphatic heterocycles. The number of hydrogen-bond donors (Lipinski definition) is 2. The number of hydrogen-bond acceptors (Lipinski definition) is 9. The van der Waals surface area contributed by atoms with Crippen LogP contribution in [0.25, 0.3) is 27.8 Å². The number of nitriles is 1. The Labute approximate surface area is 156 Å². The Morgan fingerprint density at radius 3 is 2.93 bits per heavy atom. The van der Waals surface area contributed by atoms with Crippen LogP contribution in [-0.2, 0) is 4.74 Å². The molecule has 0 fully saturated rings. The number of rotatable bonds is 3. The van der Waals surface area contributed by atoms with E-state index in [4.69, 9.17) is 10.5 Å². The summed E-state index contributed by atoms with van der Waals surface area (Å²) in [6, 6.07) is 5.47. The minimum atomic E-state index is -0.884. The zero-order chi connectivity index (χ0) is 19.8. The molecule has 0 saturated carbocycles. The van der Waals surface area contributed by atoms with Crippen LogP contribution in [0, 0.1) is 11.3 Å². The molecule has 0 unspecified atom stereocenters. The second-order valence-corrected chi connectivity index (χ2v) is 5.67. The van der Waals surface area contributed by atoms with Gasteiger partial charge in [-0.3, -0.25) is 14.9 Å². The summed E-state index contributed by atoms with van der Waals surface area (Å²) in [6.07, 6.45) is 3.14. The van der Waals surface area contributed by atoms with Gasteiger partial charge in [0.15, 0.2) is 11.3 Å². The van der Waals surface area contributed by atoms with Gasteiger partial charge >= 0.3 is 11.5 Å². The molecule has 0 aliphatic rings. The molecular weight excluding hydrogens is 364 g/mol. The molecule has 4 aromatic rings. The molecule has 4 rings (SSSR count). The van der Waals surface area contributed by atoms with Crippen LogP contribution >= 0.6 is 0 Å². The molecule has 4 aromatic heterocycles. The summed E-state index contributed by atoms with van der Waals surface area (Å²) < 4.78 is 5.85. The van der Waals surface area contributed by atoms with Crippen molar-refractivity contribution in [1.82, 2.24) is 29.8 Å². The number of carbonyl (C=O) groups excluding carboxylic acids is 1. The molecule has 0 amide bonds. The highest BCUT2D eigenvalue weighted by Crippen LogP contribution is 2.34. The van der Waals surface area contributed by atoms with Gasteiger partial charge in [-0.1, -0.05) is 6.07 Å². The van der Waals surface area contributed by atoms with Gasteiger partial charge < -0.3 is 10.5 Å². The Balaban J connectivity index is 2.14. The number of nitrogens with one attached hydrogen (secondary N) is 1. The first-order valence-electron chi connectivity index (χ1n) is 8.15. The van der Waals surface area contributed by atoms with Crippen molar-refractivity contribution in [3.8, 4) is 17.2 Å². The largest absolute Gasteiger partial charge is 0.461 e. The number of ether oxygens (including phenoxy) is 1. The van der Waals surface area contributed by atoms with Gasteiger partial charge in [-0.2, -0.15) is 9.78 Å². The number of fused-ring (bicyclic) bond motifs is 3. The summed E-state index contributed by atoms with van der Waals surface area (Å²) in [5.41, 5.74) is 6.14. The second-order valence-electron chi connectivity index (χ2n) is 5.67. The summed E-state index contributed by atoms with van der Waals surface area (Å²) in [5.74, 6) is -0.905. The monoisotopic (exact) mass is 376 g/mol. The van der Waals surface area contributed by atoms with E-state index in [-0.39, 0.29) is 29.3 Å². The van der Waals surface area contributed by atoms with Crippen LogP contribution in [0.5, 0.6) is 0 Å². The fraction of sp³-hybridized carbons (Fsp3) is 0.118. The van der Waals surface area contributed by atoms with Gasteiger partial charge in [-0.15, -0.1) is 10.2 Å². The van der Waals surface area contributed by atoms with Gasteiger partial charge in [-0.05, 0) is 13.0 Å². The van der Waals surface area contributed by atoms with Crippen LogP contribution in [0.1, 0.15) is 23.0 Å². The van der Waals surface area contributed by atoms with E-state index >= 15 is 0 Å². The Bertz CT molecular complexity index is 1330. The lowest BCUT2D eigenvalue weighted by Crippen LogP contribution is -2.26. The molecule has 11 heteroatoms. The number of aromatic amines is 1. The van der Waals surface area contributed by atoms with Crippen molar-refractivity contribution in [2.45, 2.75) is 6.92 Å². The van der Waals surface area contributed by atoms with E-state index in [0.29, 0.717) is 16.5 Å². The SMILES string of the molecule is CCOC(=O)c1nnc2c3c(-c4cccnc4)c(C#N)c(N)nc3[nH]n2c1=O. The fourth-order valence-corrected chi connectivity index (χ4v) is 2.90. The summed E-state index contributed by atoms with van der Waals surface area (Å²) in [7, 11) is 0. The molecule has 0 bridgehead atoms. The summed E-state index contributed by atoms with van der Waals surface area (Å²) in [4.78, 5) is 32.8. The van der Waals surface area contributed by atoms with E-state index < -0.39 is 17.2 Å². The number of H-pyrrole nitrogens is 1. The zero-order valence-corrected chi connectivity index (χ0v) is 14.5. The van der Waals surface area contributed by atoms with E-state index in [1.54, 1.807) is 31.5 Å². The van der Waals surface area contributed by atoms with Crippen molar-refractivity contribution in [3.05, 3.63) is 46.1 Å². The lowest BCUT2D eigenvalue weighted by Gasteiger charge is -2.07. The Kier molecular flexibility index (Phi) is 3.93. The average Bonchev–Trinajstić information content (AvgIpc) is 3.06. The highest BCUT2D eigenvalue weighted by atomic mass is 16.5. The van der Waals surface area contributed by atoms with Crippen LogP contribution < -0.4 is 11.3 Å². The standard InChI is InChI=1S/C17H12N8O3/c1-2-28-17(27)12-16(26)25-15(23-22-12)11-10(8-4-3-5-20-7-8)9(6-18)13(19)21-14(11)24-25/h3-5,7H,2H2,1H3,(H3,19,21,24). The molecule has 138 valence electrons. The molecule has 0 spiro atoms. The number of pyridine rings is 2. The summed E-state index contributed by atoms with van der Waals surface area (Å²) in [5, 5.41) is 20.4. The highest BCUT2D eigenvalue weighted by molar-refractivity contribution is 6.06. The number of aromatic nitrogens is 6. The van der Waals surface area contributed by atoms with Crippen LogP contribution in [0.3, 0.4) is 0 Å². The normalized spacial score (nSPS) is 10.9. The van der Waals surface area contributed by atoms with Gasteiger partial charge in [0.1, 0.15) is 17.5 Å². The lowest BCUT2D eigenvalue weighted by molar-refractivity contribution is 0.0515. The molecule has 3 N–H and O–H groups in total. The van der Waals surface area contributed by atoms with Gasteiger partial charge in [0.05, 0.1) is 12.0 Å². The molecule has 0 aliphatic carbocycles. The lowest BCUT2D eigenvalue weighted by atomic mass is 9.99. The third-order valence-corrected chi connectivity index (χ3v) is 4.06. The minimum absolute atomic E-state index is 0.0213. The van der Waals surface area contributed by atoms with E-state index in [0.717, 1.165) is 4.52 Å². The molecule has 0 atom stereocenters. The number of nitrogens with two attached hydrogens (primary N) is 1. The second kappa shape index (κ2) is 6.44. The number of anilines is 1. The van der Waals surface area contributed by atoms with Crippen molar-refractivity contribution in [2.24, 2.45) is 0 Å². The van der Waals surface area contributed by atoms with E-state index in [2.05, 4.69) is 25.3 Å². The number of carbonyl (C=O) groups is 1. The van der Waals surface area contributed by atoms with Crippen LogP contribution in [0.2, 0.25) is 0 Å². The smallest absolute Gasteiger partial charge is 0.364 e. The van der Waals surface area contributed by atoms with Crippen molar-refractivity contribution in [1.29, 1.82) is 5.26 Å². The fourth-order valence-electron chi connectivity index (χ4n) is 2.90. The van der Waals surface area contributed by atoms with Crippen molar-refractivity contribution < 1.29 is 9.53 Å². The Morgan fingerprint density at radius 2 is 2.25 bits per heavy atom. The van der Waals surface area contributed by atoms with Crippen molar-refractivity contribution in [2.75, 3.05) is 12.3 Å². The minimum Gasteiger partial charge on any atom is -0.461 e. The third-order valence-electron chi connectivity index (χ3n) is 4.06. The average molecular weight is 376 g/mol. The van der Waals surface area contributed by atoms with Crippen LogP contribution in [0.4, 0.5) is 5.82 Å². The van der Waals surface area contributed by atoms with Gasteiger partial charge in [0, 0.05) is 23.5 Å². The number of nitrogens with zero attached hydrogens (tertiary/aromatic N) is 6. The summed E-state index contributed by atoms with van der Waals surface area (Å²) >= 11 is 0. The summed E-state index contributed by atoms with van der Waals surface area (Å²) in [6.45, 7) is 1.70. The zero-order valence-electron chi connectivity index (χ0n) is 14.5. The molecule has 11 nitrogen and oxygen atoms in total. The van der Waals surface area contributed by atoms with E-state index in [1.807, 2.05) is 6.07 Å². The van der Waals surface area contributed by atoms with E-state index in [1.165, 1.54) is 0 Å². The first-order chi connectivity index (χ1) is 13.6. The molecule has 0 saturated heterocycles. The van der Waals surface area contributed by atoms with Gasteiger partial charge in [0.2, 0.25) is 5.69 Å². The molecule has 4 heterocycles.